The normalized spacial score (nSPS) is 9.55. The van der Waals surface area contributed by atoms with Crippen molar-refractivity contribution in [2.45, 2.75) is 6.92 Å². The molecule has 0 aliphatic carbocycles. The van der Waals surface area contributed by atoms with Crippen molar-refractivity contribution in [1.82, 2.24) is 0 Å². The number of carbonyl (C=O) groups excluding carboxylic acids is 1. The summed E-state index contributed by atoms with van der Waals surface area (Å²) in [6.07, 6.45) is 1.63. The van der Waals surface area contributed by atoms with Crippen LogP contribution in [-0.2, 0) is 0 Å². The van der Waals surface area contributed by atoms with Gasteiger partial charge in [-0.3, -0.25) is 4.79 Å². The number of carboxylic acids is 1. The lowest BCUT2D eigenvalue weighted by Gasteiger charge is -1.88. The van der Waals surface area contributed by atoms with Gasteiger partial charge in [0.05, 0.1) is 6.26 Å². The molecule has 0 amide bonds. The highest BCUT2D eigenvalue weighted by Crippen LogP contribution is 2.13. The second-order valence-electron chi connectivity index (χ2n) is 2.08. The van der Waals surface area contributed by atoms with Crippen molar-refractivity contribution < 1.29 is 19.1 Å². The van der Waals surface area contributed by atoms with E-state index in [4.69, 9.17) is 5.11 Å². The zero-order chi connectivity index (χ0) is 8.43. The predicted octanol–water partition coefficient (Wildman–Crippen LogP) is 1.10. The van der Waals surface area contributed by atoms with E-state index in [0.717, 1.165) is 0 Å². The van der Waals surface area contributed by atoms with Crippen molar-refractivity contribution in [3.05, 3.63) is 23.2 Å². The summed E-state index contributed by atoms with van der Waals surface area (Å²) in [6, 6.07) is 0. The molecule has 0 aromatic carbocycles. The molecule has 0 radical (unpaired) electrons. The molecule has 58 valence electrons. The molecular formula is C7H6O4. The summed E-state index contributed by atoms with van der Waals surface area (Å²) in [5, 5.41) is 8.55. The zero-order valence-electron chi connectivity index (χ0n) is 5.83. The zero-order valence-corrected chi connectivity index (χ0v) is 5.83. The Balaban J connectivity index is 3.28. The third kappa shape index (κ3) is 1.14. The van der Waals surface area contributed by atoms with Gasteiger partial charge in [0.1, 0.15) is 5.56 Å². The summed E-state index contributed by atoms with van der Waals surface area (Å²) in [7, 11) is 0. The quantitative estimate of drug-likeness (QED) is 0.647. The van der Waals surface area contributed by atoms with Crippen LogP contribution in [0.5, 0.6) is 0 Å². The first kappa shape index (κ1) is 7.53. The fourth-order valence-electron chi connectivity index (χ4n) is 0.825. The van der Waals surface area contributed by atoms with Gasteiger partial charge in [0.25, 0.3) is 0 Å². The second kappa shape index (κ2) is 2.57. The highest BCUT2D eigenvalue weighted by Gasteiger charge is 2.16. The van der Waals surface area contributed by atoms with Gasteiger partial charge in [0.15, 0.2) is 12.0 Å². The van der Waals surface area contributed by atoms with E-state index in [1.54, 1.807) is 6.92 Å². The maximum Gasteiger partial charge on any atom is 0.340 e. The van der Waals surface area contributed by atoms with Gasteiger partial charge >= 0.3 is 5.97 Å². The summed E-state index contributed by atoms with van der Waals surface area (Å²) < 4.78 is 4.66. The molecule has 0 atom stereocenters. The van der Waals surface area contributed by atoms with Crippen LogP contribution in [-0.4, -0.2) is 17.4 Å². The van der Waals surface area contributed by atoms with Crippen LogP contribution in [0, 0.1) is 6.92 Å². The van der Waals surface area contributed by atoms with Crippen molar-refractivity contribution in [2.75, 3.05) is 0 Å². The first-order chi connectivity index (χ1) is 5.16. The van der Waals surface area contributed by atoms with E-state index in [2.05, 4.69) is 4.42 Å². The molecule has 0 aliphatic rings. The smallest absolute Gasteiger partial charge is 0.340 e. The minimum Gasteiger partial charge on any atom is -0.478 e. The molecule has 1 aromatic heterocycles. The van der Waals surface area contributed by atoms with E-state index in [-0.39, 0.29) is 11.3 Å². The van der Waals surface area contributed by atoms with E-state index in [0.29, 0.717) is 11.8 Å². The van der Waals surface area contributed by atoms with Crippen LogP contribution in [0.25, 0.3) is 0 Å². The minimum absolute atomic E-state index is 0.0556. The largest absolute Gasteiger partial charge is 0.478 e. The summed E-state index contributed by atoms with van der Waals surface area (Å²) >= 11 is 0. The molecule has 1 aromatic rings. The summed E-state index contributed by atoms with van der Waals surface area (Å²) in [4.78, 5) is 20.6. The number of furan rings is 1. The van der Waals surface area contributed by atoms with E-state index in [1.807, 2.05) is 0 Å². The summed E-state index contributed by atoms with van der Waals surface area (Å²) in [5.74, 6) is -1.27. The van der Waals surface area contributed by atoms with Crippen LogP contribution in [0.3, 0.4) is 0 Å². The molecule has 0 aliphatic heterocycles. The fraction of sp³-hybridized carbons (Fsp3) is 0.143. The van der Waals surface area contributed by atoms with Gasteiger partial charge in [-0.15, -0.1) is 0 Å². The Morgan fingerprint density at radius 1 is 1.73 bits per heavy atom. The Labute approximate surface area is 62.4 Å². The summed E-state index contributed by atoms with van der Waals surface area (Å²) in [5.41, 5.74) is 0.402. The maximum atomic E-state index is 10.4. The van der Waals surface area contributed by atoms with Gasteiger partial charge < -0.3 is 9.52 Å². The van der Waals surface area contributed by atoms with Crippen molar-refractivity contribution in [3.63, 3.8) is 0 Å². The third-order valence-corrected chi connectivity index (χ3v) is 1.32. The molecule has 1 rings (SSSR count). The predicted molar refractivity (Wildman–Crippen MR) is 35.8 cm³/mol. The lowest BCUT2D eigenvalue weighted by molar-refractivity contribution is 0.0691. The standard InChI is InChI=1S/C7H6O4/c1-4-3-11-5(2-8)6(4)7(9)10/h2-3H,1H3,(H,9,10). The fourth-order valence-corrected chi connectivity index (χ4v) is 0.825. The van der Waals surface area contributed by atoms with Gasteiger partial charge in [-0.2, -0.15) is 0 Å². The highest BCUT2D eigenvalue weighted by molar-refractivity contribution is 5.96. The van der Waals surface area contributed by atoms with Crippen molar-refractivity contribution in [1.29, 1.82) is 0 Å². The van der Waals surface area contributed by atoms with Crippen molar-refractivity contribution in [2.24, 2.45) is 0 Å². The summed E-state index contributed by atoms with van der Waals surface area (Å²) in [6.45, 7) is 1.57. The Bertz CT molecular complexity index is 297. The number of aryl methyl sites for hydroxylation is 1. The van der Waals surface area contributed by atoms with E-state index in [1.165, 1.54) is 6.26 Å². The number of aromatic carboxylic acids is 1. The number of rotatable bonds is 2. The lowest BCUT2D eigenvalue weighted by atomic mass is 10.2. The molecule has 0 unspecified atom stereocenters. The number of carbonyl (C=O) groups is 2. The van der Waals surface area contributed by atoms with Gasteiger partial charge in [-0.1, -0.05) is 0 Å². The van der Waals surface area contributed by atoms with E-state index >= 15 is 0 Å². The van der Waals surface area contributed by atoms with Gasteiger partial charge in [-0.25, -0.2) is 4.79 Å². The molecular weight excluding hydrogens is 148 g/mol. The van der Waals surface area contributed by atoms with Crippen LogP contribution in [0.15, 0.2) is 10.7 Å². The van der Waals surface area contributed by atoms with Gasteiger partial charge in [0.2, 0.25) is 0 Å². The Kier molecular flexibility index (Phi) is 1.76. The molecule has 0 fully saturated rings. The van der Waals surface area contributed by atoms with Crippen molar-refractivity contribution in [3.8, 4) is 0 Å². The molecule has 1 N–H and O–H groups in total. The Morgan fingerprint density at radius 2 is 2.36 bits per heavy atom. The maximum absolute atomic E-state index is 10.4. The molecule has 0 saturated heterocycles. The molecule has 4 nitrogen and oxygen atoms in total. The molecule has 1 heterocycles. The Morgan fingerprint density at radius 3 is 2.73 bits per heavy atom. The van der Waals surface area contributed by atoms with E-state index < -0.39 is 5.97 Å². The molecule has 0 spiro atoms. The van der Waals surface area contributed by atoms with Gasteiger partial charge in [0, 0.05) is 5.56 Å². The number of hydrogen-bond donors (Lipinski definition) is 1. The number of carboxylic acid groups (broad SMARTS) is 1. The first-order valence-corrected chi connectivity index (χ1v) is 2.93. The molecule has 4 heteroatoms. The van der Waals surface area contributed by atoms with Crippen LogP contribution in [0.2, 0.25) is 0 Å². The molecule has 0 bridgehead atoms. The van der Waals surface area contributed by atoms with Crippen LogP contribution in [0.4, 0.5) is 0 Å². The monoisotopic (exact) mass is 154 g/mol. The average Bonchev–Trinajstić information content (AvgIpc) is 2.30. The van der Waals surface area contributed by atoms with Crippen LogP contribution >= 0.6 is 0 Å². The van der Waals surface area contributed by atoms with Crippen LogP contribution in [0.1, 0.15) is 26.5 Å². The average molecular weight is 154 g/mol. The van der Waals surface area contributed by atoms with Crippen LogP contribution < -0.4 is 0 Å². The molecule has 0 saturated carbocycles. The topological polar surface area (TPSA) is 67.5 Å². The van der Waals surface area contributed by atoms with Crippen molar-refractivity contribution >= 4 is 12.3 Å². The van der Waals surface area contributed by atoms with Gasteiger partial charge in [-0.05, 0) is 6.92 Å². The SMILES string of the molecule is Cc1coc(C=O)c1C(=O)O. The minimum atomic E-state index is -1.14. The highest BCUT2D eigenvalue weighted by atomic mass is 16.4. The Hall–Kier alpha value is -1.58. The lowest BCUT2D eigenvalue weighted by Crippen LogP contribution is -1.99. The number of hydrogen-bond acceptors (Lipinski definition) is 3. The molecule has 11 heavy (non-hydrogen) atoms. The number of aldehydes is 1. The third-order valence-electron chi connectivity index (χ3n) is 1.32. The second-order valence-corrected chi connectivity index (χ2v) is 2.08. The first-order valence-electron chi connectivity index (χ1n) is 2.93. The van der Waals surface area contributed by atoms with E-state index in [9.17, 15) is 9.59 Å².